The van der Waals surface area contributed by atoms with Crippen LogP contribution in [-0.2, 0) is 23.2 Å². The monoisotopic (exact) mass is 610 g/mol. The van der Waals surface area contributed by atoms with Crippen molar-refractivity contribution >= 4 is 11.1 Å². The number of hydrogen-bond donors (Lipinski definition) is 0. The number of ether oxygens (including phenoxy) is 2. The van der Waals surface area contributed by atoms with E-state index in [1.807, 2.05) is 0 Å². The van der Waals surface area contributed by atoms with E-state index in [2.05, 4.69) is 60.7 Å². The number of halogens is 2. The molecule has 0 N–H and O–H groups in total. The molecule has 6 rings (SSSR count). The molecule has 0 amide bonds. The summed E-state index contributed by atoms with van der Waals surface area (Å²) in [6, 6.07) is 17.7. The second-order valence-corrected chi connectivity index (χ2v) is 13.9. The zero-order chi connectivity index (χ0) is 23.8. The first-order valence-electron chi connectivity index (χ1n) is 13.2. The maximum absolute atomic E-state index is 5.46. The summed E-state index contributed by atoms with van der Waals surface area (Å²) in [5, 5.41) is 0. The molecule has 0 aromatic heterocycles. The summed E-state index contributed by atoms with van der Waals surface area (Å²) in [5.41, 5.74) is 12.9. The maximum Gasteiger partial charge on any atom is -1.00 e. The van der Waals surface area contributed by atoms with Gasteiger partial charge in [0.1, 0.15) is 0 Å². The Balaban J connectivity index is 0.00000160. The van der Waals surface area contributed by atoms with E-state index < -0.39 is 23.2 Å². The van der Waals surface area contributed by atoms with E-state index in [1.165, 1.54) is 62.5 Å². The van der Waals surface area contributed by atoms with Gasteiger partial charge < -0.3 is 24.8 Å². The van der Waals surface area contributed by atoms with Gasteiger partial charge in [-0.3, -0.25) is 0 Å². The second kappa shape index (κ2) is 12.5. The molecular weight excluding hydrogens is 578 g/mol. The molecular formula is C32H34Cl2O2Zr. The first kappa shape index (κ1) is 28.5. The Morgan fingerprint density at radius 2 is 0.946 bits per heavy atom. The first-order chi connectivity index (χ1) is 17.2. The Labute approximate surface area is 245 Å². The number of allylic oxidation sites excluding steroid dienone is 8. The van der Waals surface area contributed by atoms with E-state index in [4.69, 9.17) is 9.47 Å². The van der Waals surface area contributed by atoms with Crippen LogP contribution in [0.5, 0.6) is 11.5 Å². The van der Waals surface area contributed by atoms with Crippen LogP contribution in [0, 0.1) is 0 Å². The largest absolute Gasteiger partial charge is 1.00 e. The summed E-state index contributed by atoms with van der Waals surface area (Å²) < 4.78 is 12.3. The molecule has 2 aromatic carbocycles. The Morgan fingerprint density at radius 1 is 0.568 bits per heavy atom. The van der Waals surface area contributed by atoms with Crippen molar-refractivity contribution < 1.29 is 57.5 Å². The van der Waals surface area contributed by atoms with E-state index >= 15 is 0 Å². The van der Waals surface area contributed by atoms with Crippen LogP contribution in [0.4, 0.5) is 0 Å². The molecule has 0 heterocycles. The van der Waals surface area contributed by atoms with Crippen LogP contribution in [0.2, 0.25) is 7.25 Å². The molecule has 0 aliphatic heterocycles. The third kappa shape index (κ3) is 5.61. The Kier molecular flexibility index (Phi) is 9.65. The summed E-state index contributed by atoms with van der Waals surface area (Å²) in [6.07, 6.45) is 15.7. The molecule has 0 bridgehead atoms. The van der Waals surface area contributed by atoms with Crippen molar-refractivity contribution in [3.05, 3.63) is 94.1 Å². The third-order valence-electron chi connectivity index (χ3n) is 8.27. The van der Waals surface area contributed by atoms with Gasteiger partial charge in [0, 0.05) is 0 Å². The minimum atomic E-state index is -0.871. The molecule has 4 aliphatic rings. The smallest absolute Gasteiger partial charge is 1.00 e. The summed E-state index contributed by atoms with van der Waals surface area (Å²) in [7, 11) is 3.51. The van der Waals surface area contributed by atoms with Crippen molar-refractivity contribution in [1.29, 1.82) is 0 Å². The van der Waals surface area contributed by atoms with Gasteiger partial charge in [-0.15, -0.1) is 0 Å². The SMILES string of the molecule is COc1ccc(C2=CC3=C(CCCC3)[CH]2[Zr+2][CH]2C(c3ccc(OC)cc3)=CC3=C2CCCC3)cc1.[Cl-].[Cl-]. The van der Waals surface area contributed by atoms with Gasteiger partial charge in [-0.1, -0.05) is 0 Å². The molecule has 4 aliphatic carbocycles. The molecule has 2 nitrogen and oxygen atoms in total. The fourth-order valence-corrected chi connectivity index (χ4v) is 12.0. The average molecular weight is 613 g/mol. The van der Waals surface area contributed by atoms with E-state index in [0.717, 1.165) is 11.5 Å². The van der Waals surface area contributed by atoms with Crippen LogP contribution in [0.3, 0.4) is 0 Å². The summed E-state index contributed by atoms with van der Waals surface area (Å²) in [5.74, 6) is 1.89. The zero-order valence-corrected chi connectivity index (χ0v) is 25.6. The summed E-state index contributed by atoms with van der Waals surface area (Å²) in [4.78, 5) is 0. The number of hydrogen-bond acceptors (Lipinski definition) is 2. The van der Waals surface area contributed by atoms with E-state index in [0.29, 0.717) is 7.25 Å². The van der Waals surface area contributed by atoms with E-state index in [1.54, 1.807) is 47.7 Å². The van der Waals surface area contributed by atoms with Crippen LogP contribution >= 0.6 is 0 Å². The van der Waals surface area contributed by atoms with Gasteiger partial charge in [0.2, 0.25) is 0 Å². The van der Waals surface area contributed by atoms with Gasteiger partial charge in [-0.2, -0.15) is 0 Å². The Bertz CT molecular complexity index is 1140. The van der Waals surface area contributed by atoms with E-state index in [9.17, 15) is 0 Å². The molecule has 0 saturated carbocycles. The van der Waals surface area contributed by atoms with Crippen LogP contribution in [0.15, 0.2) is 83.0 Å². The number of rotatable bonds is 6. The van der Waals surface area contributed by atoms with Crippen molar-refractivity contribution in [1.82, 2.24) is 0 Å². The molecule has 0 radical (unpaired) electrons. The van der Waals surface area contributed by atoms with Crippen LogP contribution < -0.4 is 34.3 Å². The van der Waals surface area contributed by atoms with Gasteiger partial charge in [-0.25, -0.2) is 0 Å². The predicted octanol–water partition coefficient (Wildman–Crippen LogP) is 2.61. The molecule has 0 fully saturated rings. The quantitative estimate of drug-likeness (QED) is 0.500. The van der Waals surface area contributed by atoms with E-state index in [-0.39, 0.29) is 24.8 Å². The fraction of sp³-hybridized carbons (Fsp3) is 0.375. The van der Waals surface area contributed by atoms with Gasteiger partial charge >= 0.3 is 222 Å². The van der Waals surface area contributed by atoms with Crippen LogP contribution in [-0.4, -0.2) is 14.2 Å². The maximum atomic E-state index is 5.46. The van der Waals surface area contributed by atoms with Gasteiger partial charge in [0.15, 0.2) is 0 Å². The van der Waals surface area contributed by atoms with Crippen molar-refractivity contribution in [3.63, 3.8) is 0 Å². The van der Waals surface area contributed by atoms with Crippen molar-refractivity contribution in [2.75, 3.05) is 14.2 Å². The third-order valence-corrected chi connectivity index (χ3v) is 13.1. The average Bonchev–Trinajstić information content (AvgIpc) is 3.48. The molecule has 192 valence electrons. The normalized spacial score (nSPS) is 22.1. The summed E-state index contributed by atoms with van der Waals surface area (Å²) in [6.45, 7) is 0. The molecule has 2 atom stereocenters. The van der Waals surface area contributed by atoms with Gasteiger partial charge in [0.25, 0.3) is 0 Å². The standard InChI is InChI=1S/2C16H17O.2ClH.Zr/c2*1-17-16-8-6-12(7-9-16)15-10-13-4-2-3-5-14(13)11-15;;;/h2*6-11H,2-5H2,1H3;2*1H;/q;;;;+2/p-2. The first-order valence-corrected chi connectivity index (χ1v) is 16.0. The minimum absolute atomic E-state index is 0. The molecule has 37 heavy (non-hydrogen) atoms. The number of methoxy groups -OCH3 is 2. The summed E-state index contributed by atoms with van der Waals surface area (Å²) >= 11 is -0.871. The fourth-order valence-electron chi connectivity index (χ4n) is 6.43. The van der Waals surface area contributed by atoms with Crippen molar-refractivity contribution in [2.24, 2.45) is 0 Å². The molecule has 5 heteroatoms. The van der Waals surface area contributed by atoms with Gasteiger partial charge in [-0.05, 0) is 0 Å². The second-order valence-electron chi connectivity index (χ2n) is 10.2. The Hall–Kier alpha value is -1.54. The molecule has 2 aromatic rings. The van der Waals surface area contributed by atoms with Crippen LogP contribution in [0.1, 0.15) is 62.5 Å². The Morgan fingerprint density at radius 3 is 1.32 bits per heavy atom. The van der Waals surface area contributed by atoms with Crippen molar-refractivity contribution in [2.45, 2.75) is 58.6 Å². The van der Waals surface area contributed by atoms with Gasteiger partial charge in [0.05, 0.1) is 0 Å². The predicted molar refractivity (Wildman–Crippen MR) is 140 cm³/mol. The molecule has 0 saturated heterocycles. The van der Waals surface area contributed by atoms with Crippen molar-refractivity contribution in [3.8, 4) is 11.5 Å². The molecule has 0 spiro atoms. The minimum Gasteiger partial charge on any atom is -1.00 e. The number of benzene rings is 2. The van der Waals surface area contributed by atoms with Crippen LogP contribution in [0.25, 0.3) is 11.1 Å². The topological polar surface area (TPSA) is 18.5 Å². The zero-order valence-electron chi connectivity index (χ0n) is 21.7. The molecule has 2 unspecified atom stereocenters.